The van der Waals surface area contributed by atoms with Crippen molar-refractivity contribution < 1.29 is 9.53 Å². The minimum Gasteiger partial charge on any atom is -0.444 e. The smallest absolute Gasteiger partial charge is 0.410 e. The molecule has 21 heavy (non-hydrogen) atoms. The first-order valence-corrected chi connectivity index (χ1v) is 7.43. The predicted molar refractivity (Wildman–Crippen MR) is 79.0 cm³/mol. The topological polar surface area (TPSA) is 58.6 Å². The van der Waals surface area contributed by atoms with Crippen molar-refractivity contribution in [3.8, 4) is 0 Å². The average molecular weight is 290 g/mol. The van der Waals surface area contributed by atoms with E-state index in [4.69, 9.17) is 4.74 Å². The van der Waals surface area contributed by atoms with E-state index in [0.717, 1.165) is 32.0 Å². The Bertz CT molecular complexity index is 500. The van der Waals surface area contributed by atoms with Gasteiger partial charge in [-0.15, -0.1) is 5.10 Å². The molecule has 0 saturated carbocycles. The molecule has 2 fully saturated rings. The molecule has 6 heteroatoms. The largest absolute Gasteiger partial charge is 0.444 e. The number of carbonyl (C=O) groups is 1. The molecule has 114 valence electrons. The molecule has 1 amide bonds. The summed E-state index contributed by atoms with van der Waals surface area (Å²) >= 11 is 0. The standard InChI is InChI=1S/C15H22N4O2/c1-15(2,3)21-14(20)19-9-11-7-18(8-12(11)10-19)13-5-4-6-16-17-13/h4-6,11-12H,7-10H2,1-3H3/t11-,12-/m1/s1. The molecule has 1 aromatic heterocycles. The number of aromatic nitrogens is 2. The van der Waals surface area contributed by atoms with E-state index in [0.29, 0.717) is 11.8 Å². The van der Waals surface area contributed by atoms with Crippen molar-refractivity contribution in [2.75, 3.05) is 31.1 Å². The highest BCUT2D eigenvalue weighted by Gasteiger charge is 2.43. The minimum absolute atomic E-state index is 0.192. The highest BCUT2D eigenvalue weighted by atomic mass is 16.6. The van der Waals surface area contributed by atoms with Gasteiger partial charge >= 0.3 is 6.09 Å². The summed E-state index contributed by atoms with van der Waals surface area (Å²) in [5.74, 6) is 1.93. The third-order valence-corrected chi connectivity index (χ3v) is 4.02. The number of fused-ring (bicyclic) bond motifs is 1. The van der Waals surface area contributed by atoms with Crippen LogP contribution in [0.2, 0.25) is 0 Å². The number of likely N-dealkylation sites (tertiary alicyclic amines) is 1. The monoisotopic (exact) mass is 290 g/mol. The predicted octanol–water partition coefficient (Wildman–Crippen LogP) is 1.78. The van der Waals surface area contributed by atoms with E-state index in [-0.39, 0.29) is 6.09 Å². The van der Waals surface area contributed by atoms with Crippen LogP contribution in [-0.4, -0.2) is 53.0 Å². The van der Waals surface area contributed by atoms with Crippen molar-refractivity contribution in [1.29, 1.82) is 0 Å². The zero-order chi connectivity index (χ0) is 15.0. The van der Waals surface area contributed by atoms with E-state index in [1.54, 1.807) is 6.20 Å². The van der Waals surface area contributed by atoms with Crippen molar-refractivity contribution in [3.63, 3.8) is 0 Å². The van der Waals surface area contributed by atoms with Gasteiger partial charge in [0.15, 0.2) is 5.82 Å². The lowest BCUT2D eigenvalue weighted by Crippen LogP contribution is -2.37. The van der Waals surface area contributed by atoms with Gasteiger partial charge in [-0.1, -0.05) is 0 Å². The zero-order valence-corrected chi connectivity index (χ0v) is 12.8. The highest BCUT2D eigenvalue weighted by molar-refractivity contribution is 5.68. The molecule has 0 unspecified atom stereocenters. The number of anilines is 1. The summed E-state index contributed by atoms with van der Waals surface area (Å²) in [7, 11) is 0. The molecule has 2 saturated heterocycles. The molecule has 0 N–H and O–H groups in total. The molecule has 2 atom stereocenters. The molecule has 2 aliphatic heterocycles. The SMILES string of the molecule is CC(C)(C)OC(=O)N1C[C@H]2CN(c3cccnn3)C[C@@H]2C1. The molecular formula is C15H22N4O2. The quantitative estimate of drug-likeness (QED) is 0.789. The van der Waals surface area contributed by atoms with Crippen molar-refractivity contribution in [3.05, 3.63) is 18.3 Å². The molecular weight excluding hydrogens is 268 g/mol. The van der Waals surface area contributed by atoms with Crippen LogP contribution in [0.4, 0.5) is 10.6 Å². The van der Waals surface area contributed by atoms with Crippen molar-refractivity contribution in [2.24, 2.45) is 11.8 Å². The van der Waals surface area contributed by atoms with Crippen LogP contribution >= 0.6 is 0 Å². The molecule has 1 aromatic rings. The molecule has 3 rings (SSSR count). The Morgan fingerprint density at radius 2 is 1.90 bits per heavy atom. The molecule has 2 aliphatic rings. The zero-order valence-electron chi connectivity index (χ0n) is 12.8. The summed E-state index contributed by atoms with van der Waals surface area (Å²) in [6, 6.07) is 3.89. The summed E-state index contributed by atoms with van der Waals surface area (Å²) in [6.45, 7) is 9.12. The van der Waals surface area contributed by atoms with Gasteiger partial charge < -0.3 is 14.5 Å². The van der Waals surface area contributed by atoms with Gasteiger partial charge in [0.25, 0.3) is 0 Å². The van der Waals surface area contributed by atoms with Crippen molar-refractivity contribution >= 4 is 11.9 Å². The first kappa shape index (κ1) is 14.1. The number of nitrogens with zero attached hydrogens (tertiary/aromatic N) is 4. The fourth-order valence-electron chi connectivity index (χ4n) is 3.12. The molecule has 0 aromatic carbocycles. The third kappa shape index (κ3) is 3.09. The Morgan fingerprint density at radius 3 is 2.43 bits per heavy atom. The Morgan fingerprint density at radius 1 is 1.24 bits per heavy atom. The maximum atomic E-state index is 12.1. The van der Waals surface area contributed by atoms with Crippen LogP contribution in [0, 0.1) is 11.8 Å². The van der Waals surface area contributed by atoms with E-state index in [1.165, 1.54) is 0 Å². The highest BCUT2D eigenvalue weighted by Crippen LogP contribution is 2.33. The lowest BCUT2D eigenvalue weighted by Gasteiger charge is -2.26. The van der Waals surface area contributed by atoms with Crippen LogP contribution in [-0.2, 0) is 4.74 Å². The molecule has 3 heterocycles. The van der Waals surface area contributed by atoms with Crippen LogP contribution in [0.15, 0.2) is 18.3 Å². The van der Waals surface area contributed by atoms with E-state index < -0.39 is 5.60 Å². The number of hydrogen-bond acceptors (Lipinski definition) is 5. The van der Waals surface area contributed by atoms with Gasteiger partial charge in [0, 0.05) is 44.2 Å². The lowest BCUT2D eigenvalue weighted by atomic mass is 10.0. The number of ether oxygens (including phenoxy) is 1. The third-order valence-electron chi connectivity index (χ3n) is 4.02. The van der Waals surface area contributed by atoms with E-state index >= 15 is 0 Å². The van der Waals surface area contributed by atoms with Gasteiger partial charge in [-0.2, -0.15) is 5.10 Å². The Hall–Kier alpha value is -1.85. The second kappa shape index (κ2) is 5.16. The molecule has 0 bridgehead atoms. The van der Waals surface area contributed by atoms with Gasteiger partial charge in [0.2, 0.25) is 0 Å². The number of amides is 1. The maximum absolute atomic E-state index is 12.1. The van der Waals surface area contributed by atoms with Crippen LogP contribution < -0.4 is 4.90 Å². The fraction of sp³-hybridized carbons (Fsp3) is 0.667. The van der Waals surface area contributed by atoms with Gasteiger partial charge in [-0.05, 0) is 32.9 Å². The molecule has 0 radical (unpaired) electrons. The first-order chi connectivity index (χ1) is 9.92. The number of rotatable bonds is 1. The molecule has 0 spiro atoms. The summed E-state index contributed by atoms with van der Waals surface area (Å²) < 4.78 is 5.45. The number of carbonyl (C=O) groups excluding carboxylic acids is 1. The Balaban J connectivity index is 1.58. The van der Waals surface area contributed by atoms with E-state index in [2.05, 4.69) is 15.1 Å². The summed E-state index contributed by atoms with van der Waals surface area (Å²) in [5, 5.41) is 8.09. The Labute approximate surface area is 125 Å². The second-order valence-electron chi connectivity index (χ2n) is 6.89. The molecule has 0 aliphatic carbocycles. The summed E-state index contributed by atoms with van der Waals surface area (Å²) in [4.78, 5) is 16.2. The minimum atomic E-state index is -0.430. The van der Waals surface area contributed by atoms with Crippen LogP contribution in [0.5, 0.6) is 0 Å². The van der Waals surface area contributed by atoms with Gasteiger partial charge in [-0.3, -0.25) is 0 Å². The summed E-state index contributed by atoms with van der Waals surface area (Å²) in [6.07, 6.45) is 1.49. The van der Waals surface area contributed by atoms with Crippen LogP contribution in [0.1, 0.15) is 20.8 Å². The maximum Gasteiger partial charge on any atom is 0.410 e. The van der Waals surface area contributed by atoms with Crippen LogP contribution in [0.25, 0.3) is 0 Å². The van der Waals surface area contributed by atoms with Crippen molar-refractivity contribution in [1.82, 2.24) is 15.1 Å². The summed E-state index contributed by atoms with van der Waals surface area (Å²) in [5.41, 5.74) is -0.430. The average Bonchev–Trinajstić information content (AvgIpc) is 2.95. The van der Waals surface area contributed by atoms with E-state index in [9.17, 15) is 4.79 Å². The first-order valence-electron chi connectivity index (χ1n) is 7.43. The van der Waals surface area contributed by atoms with E-state index in [1.807, 2.05) is 37.8 Å². The second-order valence-corrected chi connectivity index (χ2v) is 6.89. The van der Waals surface area contributed by atoms with Gasteiger partial charge in [0.05, 0.1) is 0 Å². The lowest BCUT2D eigenvalue weighted by molar-refractivity contribution is 0.0282. The normalized spacial score (nSPS) is 25.1. The molecule has 6 nitrogen and oxygen atoms in total. The van der Waals surface area contributed by atoms with Gasteiger partial charge in [0.1, 0.15) is 5.60 Å². The number of hydrogen-bond donors (Lipinski definition) is 0. The fourth-order valence-corrected chi connectivity index (χ4v) is 3.12. The Kier molecular flexibility index (Phi) is 3.47. The van der Waals surface area contributed by atoms with Crippen LogP contribution in [0.3, 0.4) is 0 Å². The van der Waals surface area contributed by atoms with Crippen molar-refractivity contribution in [2.45, 2.75) is 26.4 Å². The van der Waals surface area contributed by atoms with Gasteiger partial charge in [-0.25, -0.2) is 4.79 Å².